The summed E-state index contributed by atoms with van der Waals surface area (Å²) in [4.78, 5) is 26.7. The Hall–Kier alpha value is -1.47. The largest absolute Gasteiger partial charge is 0.504 e. The summed E-state index contributed by atoms with van der Waals surface area (Å²) in [5, 5.41) is 9.58. The molecule has 2 aliphatic rings. The number of nitrogens with zero attached hydrogens (tertiary/aromatic N) is 1. The van der Waals surface area contributed by atoms with Gasteiger partial charge < -0.3 is 9.84 Å². The van der Waals surface area contributed by atoms with Gasteiger partial charge in [-0.15, -0.1) is 0 Å². The van der Waals surface area contributed by atoms with E-state index in [2.05, 4.69) is 15.9 Å². The average molecular weight is 426 g/mol. The molecular weight excluding hydrogens is 406 g/mol. The summed E-state index contributed by atoms with van der Waals surface area (Å²) >= 11 is 4.33. The van der Waals surface area contributed by atoms with Gasteiger partial charge in [-0.2, -0.15) is 0 Å². The summed E-state index contributed by atoms with van der Waals surface area (Å²) in [6, 6.07) is 3.14. The molecule has 0 radical (unpaired) electrons. The molecule has 0 unspecified atom stereocenters. The van der Waals surface area contributed by atoms with Crippen molar-refractivity contribution >= 4 is 44.9 Å². The predicted molar refractivity (Wildman–Crippen MR) is 102 cm³/mol. The van der Waals surface area contributed by atoms with Crippen molar-refractivity contribution in [3.8, 4) is 11.5 Å². The number of imide groups is 1. The van der Waals surface area contributed by atoms with Crippen molar-refractivity contribution in [1.29, 1.82) is 0 Å². The molecular formula is C18H20BrNO4S. The van der Waals surface area contributed by atoms with Crippen LogP contribution >= 0.6 is 27.7 Å². The molecule has 1 aromatic rings. The molecule has 134 valence electrons. The van der Waals surface area contributed by atoms with Crippen LogP contribution in [0.1, 0.15) is 37.7 Å². The fraction of sp³-hybridized carbons (Fsp3) is 0.444. The van der Waals surface area contributed by atoms with Crippen molar-refractivity contribution < 1.29 is 19.4 Å². The highest BCUT2D eigenvalue weighted by Crippen LogP contribution is 2.38. The quantitative estimate of drug-likeness (QED) is 0.702. The van der Waals surface area contributed by atoms with Gasteiger partial charge in [-0.05, 0) is 54.3 Å². The number of phenolic OH excluding ortho intramolecular Hbond substituents is 1. The first-order valence-electron chi connectivity index (χ1n) is 8.31. The van der Waals surface area contributed by atoms with Crippen molar-refractivity contribution in [1.82, 2.24) is 4.90 Å². The number of thioether (sulfide) groups is 1. The van der Waals surface area contributed by atoms with Crippen LogP contribution in [0.25, 0.3) is 6.08 Å². The van der Waals surface area contributed by atoms with E-state index in [-0.39, 0.29) is 16.9 Å². The first kappa shape index (κ1) is 18.3. The van der Waals surface area contributed by atoms with E-state index in [0.717, 1.165) is 24.6 Å². The third-order valence-electron chi connectivity index (χ3n) is 4.62. The predicted octanol–water partition coefficient (Wildman–Crippen LogP) is 4.78. The lowest BCUT2D eigenvalue weighted by atomic mass is 9.89. The van der Waals surface area contributed by atoms with E-state index < -0.39 is 0 Å². The van der Waals surface area contributed by atoms with E-state index in [1.807, 2.05) is 0 Å². The Morgan fingerprint density at radius 1 is 1.32 bits per heavy atom. The lowest BCUT2D eigenvalue weighted by Crippen LogP contribution is -2.34. The molecule has 0 bridgehead atoms. The maximum absolute atomic E-state index is 12.6. The van der Waals surface area contributed by atoms with Crippen LogP contribution in [0.3, 0.4) is 0 Å². The summed E-state index contributed by atoms with van der Waals surface area (Å²) in [5.41, 5.74) is 0.679. The minimum atomic E-state index is -0.237. The third-order valence-corrected chi connectivity index (χ3v) is 6.22. The van der Waals surface area contributed by atoms with Gasteiger partial charge in [0.15, 0.2) is 11.5 Å². The number of benzene rings is 1. The van der Waals surface area contributed by atoms with Crippen LogP contribution in [-0.4, -0.2) is 34.8 Å². The molecule has 2 amide bonds. The lowest BCUT2D eigenvalue weighted by molar-refractivity contribution is -0.123. The summed E-state index contributed by atoms with van der Waals surface area (Å²) in [5.74, 6) is 0.509. The molecule has 1 saturated heterocycles. The maximum atomic E-state index is 12.6. The molecule has 0 spiro atoms. The van der Waals surface area contributed by atoms with Crippen LogP contribution in [0.4, 0.5) is 4.79 Å². The number of carbonyl (C=O) groups excluding carboxylic acids is 2. The summed E-state index contributed by atoms with van der Waals surface area (Å²) in [6.45, 7) is 0.516. The number of hydrogen-bond acceptors (Lipinski definition) is 5. The first-order valence-corrected chi connectivity index (χ1v) is 9.92. The monoisotopic (exact) mass is 425 g/mol. The van der Waals surface area contributed by atoms with Crippen molar-refractivity contribution in [2.75, 3.05) is 13.7 Å². The molecule has 1 saturated carbocycles. The smallest absolute Gasteiger partial charge is 0.293 e. The molecule has 5 nitrogen and oxygen atoms in total. The van der Waals surface area contributed by atoms with Crippen molar-refractivity contribution in [3.63, 3.8) is 0 Å². The number of hydrogen-bond donors (Lipinski definition) is 1. The minimum absolute atomic E-state index is 0.0110. The Balaban J connectivity index is 1.80. The molecule has 0 atom stereocenters. The normalized spacial score (nSPS) is 20.6. The fourth-order valence-electron chi connectivity index (χ4n) is 3.26. The molecule has 2 fully saturated rings. The van der Waals surface area contributed by atoms with Crippen LogP contribution in [0, 0.1) is 5.92 Å². The van der Waals surface area contributed by atoms with Gasteiger partial charge in [0.2, 0.25) is 0 Å². The molecule has 1 heterocycles. The Kier molecular flexibility index (Phi) is 5.74. The first-order chi connectivity index (χ1) is 12.0. The van der Waals surface area contributed by atoms with E-state index in [1.165, 1.54) is 37.3 Å². The van der Waals surface area contributed by atoms with E-state index >= 15 is 0 Å². The minimum Gasteiger partial charge on any atom is -0.504 e. The highest BCUT2D eigenvalue weighted by molar-refractivity contribution is 9.10. The van der Waals surface area contributed by atoms with Crippen molar-refractivity contribution in [2.24, 2.45) is 5.92 Å². The highest BCUT2D eigenvalue weighted by atomic mass is 79.9. The third kappa shape index (κ3) is 4.03. The van der Waals surface area contributed by atoms with Gasteiger partial charge in [-0.1, -0.05) is 35.2 Å². The summed E-state index contributed by atoms with van der Waals surface area (Å²) in [6.07, 6.45) is 7.43. The van der Waals surface area contributed by atoms with Crippen LogP contribution < -0.4 is 4.74 Å². The molecule has 25 heavy (non-hydrogen) atoms. The topological polar surface area (TPSA) is 66.8 Å². The number of rotatable bonds is 4. The number of ether oxygens (including phenoxy) is 1. The van der Waals surface area contributed by atoms with Gasteiger partial charge in [-0.25, -0.2) is 0 Å². The number of amides is 2. The van der Waals surface area contributed by atoms with Gasteiger partial charge >= 0.3 is 0 Å². The molecule has 1 N–H and O–H groups in total. The fourth-order valence-corrected chi connectivity index (χ4v) is 4.54. The van der Waals surface area contributed by atoms with Crippen LogP contribution in [0.2, 0.25) is 0 Å². The number of halogens is 1. The molecule has 3 rings (SSSR count). The Morgan fingerprint density at radius 3 is 2.72 bits per heavy atom. The van der Waals surface area contributed by atoms with Crippen LogP contribution in [0.5, 0.6) is 11.5 Å². The molecule has 0 aromatic heterocycles. The molecule has 1 aliphatic heterocycles. The van der Waals surface area contributed by atoms with E-state index in [1.54, 1.807) is 12.1 Å². The number of aromatic hydroxyl groups is 1. The number of phenols is 1. The zero-order valence-electron chi connectivity index (χ0n) is 14.0. The van der Waals surface area contributed by atoms with Crippen LogP contribution in [-0.2, 0) is 4.79 Å². The van der Waals surface area contributed by atoms with Gasteiger partial charge in [-0.3, -0.25) is 14.5 Å². The standard InChI is InChI=1S/C18H20BrNO4S/c1-24-15-7-12(13(19)9-14(15)21)8-16-17(22)20(18(23)25-16)10-11-5-3-2-4-6-11/h7-9,11,21H,2-6,10H2,1H3/b16-8+. The van der Waals surface area contributed by atoms with Crippen LogP contribution in [0.15, 0.2) is 21.5 Å². The average Bonchev–Trinajstić information content (AvgIpc) is 2.86. The molecule has 1 aliphatic carbocycles. The lowest BCUT2D eigenvalue weighted by Gasteiger charge is -2.25. The van der Waals surface area contributed by atoms with E-state index in [9.17, 15) is 14.7 Å². The van der Waals surface area contributed by atoms with Gasteiger partial charge in [0, 0.05) is 11.0 Å². The van der Waals surface area contributed by atoms with Gasteiger partial charge in [0.1, 0.15) is 0 Å². The summed E-state index contributed by atoms with van der Waals surface area (Å²) < 4.78 is 5.74. The Bertz CT molecular complexity index is 728. The highest BCUT2D eigenvalue weighted by Gasteiger charge is 2.36. The van der Waals surface area contributed by atoms with E-state index in [4.69, 9.17) is 4.74 Å². The number of carbonyl (C=O) groups is 2. The zero-order valence-corrected chi connectivity index (χ0v) is 16.4. The van der Waals surface area contributed by atoms with Gasteiger partial charge in [0.25, 0.3) is 11.1 Å². The Labute approximate surface area is 159 Å². The maximum Gasteiger partial charge on any atom is 0.293 e. The Morgan fingerprint density at radius 2 is 2.04 bits per heavy atom. The number of methoxy groups -OCH3 is 1. The molecule has 7 heteroatoms. The second-order valence-electron chi connectivity index (χ2n) is 6.34. The second-order valence-corrected chi connectivity index (χ2v) is 8.19. The van der Waals surface area contributed by atoms with E-state index in [0.29, 0.717) is 33.2 Å². The zero-order chi connectivity index (χ0) is 18.0. The summed E-state index contributed by atoms with van der Waals surface area (Å²) in [7, 11) is 1.46. The SMILES string of the molecule is COc1cc(/C=C2/SC(=O)N(CC3CCCCC3)C2=O)c(Br)cc1O. The second kappa shape index (κ2) is 7.83. The van der Waals surface area contributed by atoms with Crippen molar-refractivity contribution in [2.45, 2.75) is 32.1 Å². The van der Waals surface area contributed by atoms with Crippen molar-refractivity contribution in [3.05, 3.63) is 27.1 Å². The molecule has 1 aromatic carbocycles. The van der Waals surface area contributed by atoms with Gasteiger partial charge in [0.05, 0.1) is 12.0 Å².